The lowest BCUT2D eigenvalue weighted by molar-refractivity contribution is 0.101. The molecule has 0 N–H and O–H groups in total. The topological polar surface area (TPSA) is 44.1 Å². The van der Waals surface area contributed by atoms with Crippen LogP contribution in [0.5, 0.6) is 0 Å². The number of halogens is 1. The Morgan fingerprint density at radius 3 is 2.81 bits per heavy atom. The Bertz CT molecular complexity index is 437. The number of carbonyl (C=O) groups excluding carboxylic acids is 1. The van der Waals surface area contributed by atoms with E-state index >= 15 is 0 Å². The second kappa shape index (κ2) is 5.26. The number of rotatable bonds is 4. The lowest BCUT2D eigenvalue weighted by Gasteiger charge is -2.20. The molecule has 0 aromatic heterocycles. The maximum atomic E-state index is 13.0. The van der Waals surface area contributed by atoms with Gasteiger partial charge in [0.25, 0.3) is 0 Å². The van der Waals surface area contributed by atoms with Crippen LogP contribution in [0.3, 0.4) is 0 Å². The van der Waals surface area contributed by atoms with Crippen LogP contribution >= 0.6 is 0 Å². The lowest BCUT2D eigenvalue weighted by atomic mass is 10.1. The highest BCUT2D eigenvalue weighted by Gasteiger charge is 2.11. The van der Waals surface area contributed by atoms with E-state index in [-0.39, 0.29) is 5.78 Å². The molecule has 0 unspecified atom stereocenters. The smallest absolute Gasteiger partial charge is 0.161 e. The highest BCUT2D eigenvalue weighted by atomic mass is 19.1. The molecule has 0 aliphatic rings. The lowest BCUT2D eigenvalue weighted by Crippen LogP contribution is -2.20. The number of carbonyl (C=O) groups is 1. The van der Waals surface area contributed by atoms with Crippen molar-refractivity contribution < 1.29 is 9.18 Å². The highest BCUT2D eigenvalue weighted by molar-refractivity contribution is 5.99. The first kappa shape index (κ1) is 12.2. The molecule has 0 aliphatic heterocycles. The van der Waals surface area contributed by atoms with Gasteiger partial charge in [0, 0.05) is 24.8 Å². The Labute approximate surface area is 94.1 Å². The molecule has 0 amide bonds. The van der Waals surface area contributed by atoms with Gasteiger partial charge in [-0.25, -0.2) is 4.39 Å². The summed E-state index contributed by atoms with van der Waals surface area (Å²) in [7, 11) is 1.77. The van der Waals surface area contributed by atoms with Crippen LogP contribution in [0.4, 0.5) is 10.1 Å². The molecule has 0 fully saturated rings. The third-order valence-electron chi connectivity index (χ3n) is 2.31. The molecule has 1 aromatic rings. The van der Waals surface area contributed by atoms with Crippen LogP contribution in [0.15, 0.2) is 18.2 Å². The SMILES string of the molecule is CC(=O)c1cc(F)ccc1N(C)CCC#N. The first-order valence-electron chi connectivity index (χ1n) is 4.95. The number of benzene rings is 1. The summed E-state index contributed by atoms with van der Waals surface area (Å²) in [5, 5.41) is 8.48. The molecular formula is C12H13FN2O. The predicted octanol–water partition coefficient (Wildman–Crippen LogP) is 2.38. The minimum Gasteiger partial charge on any atom is -0.373 e. The van der Waals surface area contributed by atoms with Crippen molar-refractivity contribution in [2.75, 3.05) is 18.5 Å². The quantitative estimate of drug-likeness (QED) is 0.732. The summed E-state index contributed by atoms with van der Waals surface area (Å²) in [5.41, 5.74) is 1.00. The number of Topliss-reactive ketones (excluding diaryl/α,β-unsaturated/α-hetero) is 1. The fraction of sp³-hybridized carbons (Fsp3) is 0.333. The van der Waals surface area contributed by atoms with E-state index in [1.807, 2.05) is 6.07 Å². The molecule has 0 radical (unpaired) electrons. The molecule has 84 valence electrons. The van der Waals surface area contributed by atoms with Crippen LogP contribution < -0.4 is 4.90 Å². The van der Waals surface area contributed by atoms with Crippen molar-refractivity contribution in [2.24, 2.45) is 0 Å². The Kier molecular flexibility index (Phi) is 4.01. The molecule has 4 heteroatoms. The standard InChI is InChI=1S/C12H13FN2O/c1-9(16)11-8-10(13)4-5-12(11)15(2)7-3-6-14/h4-5,8H,3,7H2,1-2H3. The van der Waals surface area contributed by atoms with E-state index in [1.165, 1.54) is 19.1 Å². The molecule has 0 aliphatic carbocycles. The summed E-state index contributed by atoms with van der Waals surface area (Å²) < 4.78 is 13.0. The summed E-state index contributed by atoms with van der Waals surface area (Å²) in [4.78, 5) is 13.1. The fourth-order valence-corrected chi connectivity index (χ4v) is 1.46. The molecule has 0 saturated heterocycles. The van der Waals surface area contributed by atoms with Crippen molar-refractivity contribution in [1.82, 2.24) is 0 Å². The van der Waals surface area contributed by atoms with Gasteiger partial charge in [0.2, 0.25) is 0 Å². The van der Waals surface area contributed by atoms with Crippen molar-refractivity contribution in [3.05, 3.63) is 29.6 Å². The molecule has 16 heavy (non-hydrogen) atoms. The first-order valence-corrected chi connectivity index (χ1v) is 4.95. The predicted molar refractivity (Wildman–Crippen MR) is 59.9 cm³/mol. The van der Waals surface area contributed by atoms with Gasteiger partial charge in [-0.15, -0.1) is 0 Å². The van der Waals surface area contributed by atoms with E-state index in [4.69, 9.17) is 5.26 Å². The first-order chi connectivity index (χ1) is 7.56. The maximum Gasteiger partial charge on any atom is 0.161 e. The summed E-state index contributed by atoms with van der Waals surface area (Å²) >= 11 is 0. The van der Waals surface area contributed by atoms with Crippen LogP contribution in [0.1, 0.15) is 23.7 Å². The van der Waals surface area contributed by atoms with Gasteiger partial charge in [-0.05, 0) is 25.1 Å². The molecule has 0 atom stereocenters. The van der Waals surface area contributed by atoms with E-state index in [0.29, 0.717) is 24.2 Å². The summed E-state index contributed by atoms with van der Waals surface area (Å²) in [6.07, 6.45) is 0.366. The molecule has 0 bridgehead atoms. The second-order valence-corrected chi connectivity index (χ2v) is 3.55. The Morgan fingerprint density at radius 2 is 2.25 bits per heavy atom. The molecular weight excluding hydrogens is 207 g/mol. The minimum atomic E-state index is -0.428. The van der Waals surface area contributed by atoms with Gasteiger partial charge in [-0.2, -0.15) is 5.26 Å². The number of nitrogens with zero attached hydrogens (tertiary/aromatic N) is 2. The minimum absolute atomic E-state index is 0.182. The molecule has 0 saturated carbocycles. The normalized spacial score (nSPS) is 9.62. The van der Waals surface area contributed by atoms with Crippen molar-refractivity contribution in [3.8, 4) is 6.07 Å². The van der Waals surface area contributed by atoms with E-state index in [9.17, 15) is 9.18 Å². The fourth-order valence-electron chi connectivity index (χ4n) is 1.46. The zero-order chi connectivity index (χ0) is 12.1. The second-order valence-electron chi connectivity index (χ2n) is 3.55. The third kappa shape index (κ3) is 2.80. The zero-order valence-electron chi connectivity index (χ0n) is 9.33. The number of anilines is 1. The van der Waals surface area contributed by atoms with E-state index < -0.39 is 5.82 Å². The highest BCUT2D eigenvalue weighted by Crippen LogP contribution is 2.21. The third-order valence-corrected chi connectivity index (χ3v) is 2.31. The average Bonchev–Trinajstić information content (AvgIpc) is 2.25. The van der Waals surface area contributed by atoms with Gasteiger partial charge in [-0.1, -0.05) is 0 Å². The summed E-state index contributed by atoms with van der Waals surface area (Å²) in [6, 6.07) is 6.12. The van der Waals surface area contributed by atoms with E-state index in [2.05, 4.69) is 0 Å². The molecule has 3 nitrogen and oxygen atoms in total. The van der Waals surface area contributed by atoms with Crippen LogP contribution in [-0.2, 0) is 0 Å². The Morgan fingerprint density at radius 1 is 1.56 bits per heavy atom. The van der Waals surface area contributed by atoms with Gasteiger partial charge in [-0.3, -0.25) is 4.79 Å². The number of hydrogen-bond donors (Lipinski definition) is 0. The van der Waals surface area contributed by atoms with Crippen LogP contribution in [-0.4, -0.2) is 19.4 Å². The van der Waals surface area contributed by atoms with Crippen LogP contribution in [0, 0.1) is 17.1 Å². The van der Waals surface area contributed by atoms with Gasteiger partial charge in [0.1, 0.15) is 5.82 Å². The number of nitriles is 1. The maximum absolute atomic E-state index is 13.0. The van der Waals surface area contributed by atoms with Crippen LogP contribution in [0.2, 0.25) is 0 Å². The Balaban J connectivity index is 3.03. The number of ketones is 1. The van der Waals surface area contributed by atoms with Crippen molar-refractivity contribution >= 4 is 11.5 Å². The summed E-state index contributed by atoms with van der Waals surface area (Å²) in [5.74, 6) is -0.610. The van der Waals surface area contributed by atoms with Gasteiger partial charge >= 0.3 is 0 Å². The van der Waals surface area contributed by atoms with Crippen molar-refractivity contribution in [1.29, 1.82) is 5.26 Å². The zero-order valence-corrected chi connectivity index (χ0v) is 9.33. The number of hydrogen-bond acceptors (Lipinski definition) is 3. The monoisotopic (exact) mass is 220 g/mol. The van der Waals surface area contributed by atoms with Gasteiger partial charge in [0.15, 0.2) is 5.78 Å². The van der Waals surface area contributed by atoms with E-state index in [0.717, 1.165) is 0 Å². The molecule has 0 spiro atoms. The van der Waals surface area contributed by atoms with Crippen LogP contribution in [0.25, 0.3) is 0 Å². The molecule has 0 heterocycles. The van der Waals surface area contributed by atoms with Gasteiger partial charge in [0.05, 0.1) is 12.5 Å². The summed E-state index contributed by atoms with van der Waals surface area (Å²) in [6.45, 7) is 1.92. The van der Waals surface area contributed by atoms with E-state index in [1.54, 1.807) is 18.0 Å². The Hall–Kier alpha value is -1.89. The largest absolute Gasteiger partial charge is 0.373 e. The average molecular weight is 220 g/mol. The molecule has 1 rings (SSSR count). The van der Waals surface area contributed by atoms with Gasteiger partial charge < -0.3 is 4.90 Å². The van der Waals surface area contributed by atoms with Crippen molar-refractivity contribution in [2.45, 2.75) is 13.3 Å². The van der Waals surface area contributed by atoms with Crippen molar-refractivity contribution in [3.63, 3.8) is 0 Å². The molecule has 1 aromatic carbocycles.